The molecule has 0 saturated carbocycles. The average molecular weight is 391 g/mol. The first kappa shape index (κ1) is 21.2. The normalized spacial score (nSPS) is 13.2. The predicted molar refractivity (Wildman–Crippen MR) is 102 cm³/mol. The van der Waals surface area contributed by atoms with Gasteiger partial charge in [-0.3, -0.25) is 19.2 Å². The van der Waals surface area contributed by atoms with Crippen LogP contribution in [0.15, 0.2) is 18.2 Å². The van der Waals surface area contributed by atoms with Crippen molar-refractivity contribution in [3.8, 4) is 5.75 Å². The molecule has 9 heteroatoms. The van der Waals surface area contributed by atoms with E-state index in [1.165, 1.54) is 14.2 Å². The molecule has 1 aromatic carbocycles. The van der Waals surface area contributed by atoms with Crippen LogP contribution >= 0.6 is 0 Å². The Kier molecular flexibility index (Phi) is 7.79. The molecule has 2 rings (SSSR count). The summed E-state index contributed by atoms with van der Waals surface area (Å²) < 4.78 is 9.85. The fourth-order valence-corrected chi connectivity index (χ4v) is 2.85. The van der Waals surface area contributed by atoms with Gasteiger partial charge in [-0.25, -0.2) is 0 Å². The summed E-state index contributed by atoms with van der Waals surface area (Å²) in [5, 5.41) is 5.00. The summed E-state index contributed by atoms with van der Waals surface area (Å²) in [5.74, 6) is -1.41. The van der Waals surface area contributed by atoms with Crippen LogP contribution in [0.3, 0.4) is 0 Å². The molecular weight excluding hydrogens is 366 g/mol. The molecule has 1 aliphatic rings. The maximum atomic E-state index is 12.0. The number of benzene rings is 1. The lowest BCUT2D eigenvalue weighted by atomic mass is 10.2. The van der Waals surface area contributed by atoms with Crippen LogP contribution in [0.5, 0.6) is 5.75 Å². The zero-order valence-corrected chi connectivity index (χ0v) is 16.1. The Morgan fingerprint density at radius 2 is 1.93 bits per heavy atom. The third-order valence-electron chi connectivity index (χ3n) is 4.33. The van der Waals surface area contributed by atoms with Gasteiger partial charge in [0, 0.05) is 37.7 Å². The number of ether oxygens (including phenoxy) is 2. The second kappa shape index (κ2) is 10.3. The second-order valence-electron chi connectivity index (χ2n) is 6.28. The van der Waals surface area contributed by atoms with E-state index in [-0.39, 0.29) is 24.8 Å². The number of nitrogens with one attached hydrogen (secondary N) is 2. The van der Waals surface area contributed by atoms with E-state index in [2.05, 4.69) is 15.4 Å². The summed E-state index contributed by atoms with van der Waals surface area (Å²) >= 11 is 0. The van der Waals surface area contributed by atoms with E-state index in [1.807, 2.05) is 0 Å². The maximum absolute atomic E-state index is 12.0. The number of methoxy groups -OCH3 is 2. The van der Waals surface area contributed by atoms with E-state index in [0.717, 1.165) is 6.42 Å². The van der Waals surface area contributed by atoms with Gasteiger partial charge >= 0.3 is 17.8 Å². The van der Waals surface area contributed by atoms with Crippen molar-refractivity contribution in [1.82, 2.24) is 5.32 Å². The quantitative estimate of drug-likeness (QED) is 0.391. The summed E-state index contributed by atoms with van der Waals surface area (Å²) in [7, 11) is 2.80. The molecule has 1 heterocycles. The van der Waals surface area contributed by atoms with E-state index in [4.69, 9.17) is 4.74 Å². The number of esters is 1. The summed E-state index contributed by atoms with van der Waals surface area (Å²) in [6.07, 6.45) is 2.68. The standard InChI is InChI=1S/C19H25N3O6/c1-27-15-12-13(8-9-14(15)22-11-5-6-16(22)23)21-19(26)18(25)20-10-4-3-7-17(24)28-2/h8-9,12H,3-7,10-11H2,1-2H3,(H,20,25)(H,21,26). The van der Waals surface area contributed by atoms with Crippen molar-refractivity contribution < 1.29 is 28.7 Å². The molecule has 0 spiro atoms. The largest absolute Gasteiger partial charge is 0.494 e. The van der Waals surface area contributed by atoms with Crippen molar-refractivity contribution in [2.75, 3.05) is 37.5 Å². The van der Waals surface area contributed by atoms with E-state index in [1.54, 1.807) is 23.1 Å². The van der Waals surface area contributed by atoms with Crippen LogP contribution in [0.2, 0.25) is 0 Å². The van der Waals surface area contributed by atoms with Gasteiger partial charge in [0.1, 0.15) is 5.75 Å². The Hall–Kier alpha value is -3.10. The van der Waals surface area contributed by atoms with E-state index < -0.39 is 11.8 Å². The molecule has 0 radical (unpaired) electrons. The predicted octanol–water partition coefficient (Wildman–Crippen LogP) is 1.22. The molecule has 3 amide bonds. The highest BCUT2D eigenvalue weighted by molar-refractivity contribution is 6.39. The van der Waals surface area contributed by atoms with Crippen molar-refractivity contribution in [2.45, 2.75) is 32.1 Å². The van der Waals surface area contributed by atoms with Crippen LogP contribution < -0.4 is 20.3 Å². The minimum Gasteiger partial charge on any atom is -0.494 e. The Morgan fingerprint density at radius 1 is 1.14 bits per heavy atom. The molecule has 0 unspecified atom stereocenters. The van der Waals surface area contributed by atoms with Gasteiger partial charge in [-0.05, 0) is 31.4 Å². The molecule has 1 saturated heterocycles. The zero-order chi connectivity index (χ0) is 20.5. The van der Waals surface area contributed by atoms with Gasteiger partial charge in [-0.2, -0.15) is 0 Å². The van der Waals surface area contributed by atoms with Crippen molar-refractivity contribution in [1.29, 1.82) is 0 Å². The number of hydrogen-bond acceptors (Lipinski definition) is 6. The highest BCUT2D eigenvalue weighted by atomic mass is 16.5. The summed E-state index contributed by atoms with van der Waals surface area (Å²) in [5.41, 5.74) is 1.02. The van der Waals surface area contributed by atoms with Crippen molar-refractivity contribution >= 4 is 35.1 Å². The SMILES string of the molecule is COC(=O)CCCCNC(=O)C(=O)Nc1ccc(N2CCCC2=O)c(OC)c1. The van der Waals surface area contributed by atoms with Gasteiger partial charge in [0.15, 0.2) is 0 Å². The number of nitrogens with zero attached hydrogens (tertiary/aromatic N) is 1. The fraction of sp³-hybridized carbons (Fsp3) is 0.474. The molecule has 1 fully saturated rings. The number of amides is 3. The van der Waals surface area contributed by atoms with Crippen LogP contribution in [-0.4, -0.2) is 51.0 Å². The molecule has 0 bridgehead atoms. The summed E-state index contributed by atoms with van der Waals surface area (Å²) in [4.78, 5) is 48.5. The smallest absolute Gasteiger partial charge is 0.313 e. The Balaban J connectivity index is 1.86. The second-order valence-corrected chi connectivity index (χ2v) is 6.28. The lowest BCUT2D eigenvalue weighted by molar-refractivity contribution is -0.140. The molecule has 9 nitrogen and oxygen atoms in total. The minimum atomic E-state index is -0.806. The van der Waals surface area contributed by atoms with Gasteiger partial charge in [-0.1, -0.05) is 0 Å². The molecule has 152 valence electrons. The van der Waals surface area contributed by atoms with Crippen LogP contribution in [0.1, 0.15) is 32.1 Å². The zero-order valence-electron chi connectivity index (χ0n) is 16.1. The molecule has 28 heavy (non-hydrogen) atoms. The molecule has 0 aliphatic carbocycles. The number of carbonyl (C=O) groups excluding carboxylic acids is 4. The number of carbonyl (C=O) groups is 4. The monoisotopic (exact) mass is 391 g/mol. The lowest BCUT2D eigenvalue weighted by Crippen LogP contribution is -2.36. The lowest BCUT2D eigenvalue weighted by Gasteiger charge is -2.19. The highest BCUT2D eigenvalue weighted by Gasteiger charge is 2.25. The number of hydrogen-bond donors (Lipinski definition) is 2. The minimum absolute atomic E-state index is 0.0293. The molecule has 0 atom stereocenters. The first-order valence-electron chi connectivity index (χ1n) is 9.10. The Labute approximate surface area is 163 Å². The summed E-state index contributed by atoms with van der Waals surface area (Å²) in [6.45, 7) is 0.905. The summed E-state index contributed by atoms with van der Waals surface area (Å²) in [6, 6.07) is 4.87. The maximum Gasteiger partial charge on any atom is 0.313 e. The van der Waals surface area contributed by atoms with Crippen LogP contribution in [0, 0.1) is 0 Å². The van der Waals surface area contributed by atoms with Gasteiger partial charge in [0.05, 0.1) is 19.9 Å². The van der Waals surface area contributed by atoms with Crippen LogP contribution in [0.25, 0.3) is 0 Å². The van der Waals surface area contributed by atoms with E-state index in [0.29, 0.717) is 42.9 Å². The molecule has 2 N–H and O–H groups in total. The highest BCUT2D eigenvalue weighted by Crippen LogP contribution is 2.33. The van der Waals surface area contributed by atoms with Crippen LogP contribution in [0.4, 0.5) is 11.4 Å². The van der Waals surface area contributed by atoms with Crippen LogP contribution in [-0.2, 0) is 23.9 Å². The molecule has 1 aromatic rings. The average Bonchev–Trinajstić information content (AvgIpc) is 3.12. The number of rotatable bonds is 8. The fourth-order valence-electron chi connectivity index (χ4n) is 2.85. The number of unbranched alkanes of at least 4 members (excludes halogenated alkanes) is 1. The third kappa shape index (κ3) is 5.70. The van der Waals surface area contributed by atoms with Crippen molar-refractivity contribution in [3.63, 3.8) is 0 Å². The van der Waals surface area contributed by atoms with Crippen molar-refractivity contribution in [3.05, 3.63) is 18.2 Å². The molecule has 1 aliphatic heterocycles. The molecule has 0 aromatic heterocycles. The third-order valence-corrected chi connectivity index (χ3v) is 4.33. The van der Waals surface area contributed by atoms with Gasteiger partial charge in [0.2, 0.25) is 5.91 Å². The van der Waals surface area contributed by atoms with Gasteiger partial charge < -0.3 is 25.0 Å². The van der Waals surface area contributed by atoms with Gasteiger partial charge in [-0.15, -0.1) is 0 Å². The molecular formula is C19H25N3O6. The van der Waals surface area contributed by atoms with E-state index >= 15 is 0 Å². The topological polar surface area (TPSA) is 114 Å². The van der Waals surface area contributed by atoms with Crippen molar-refractivity contribution in [2.24, 2.45) is 0 Å². The Morgan fingerprint density at radius 3 is 2.57 bits per heavy atom. The first-order chi connectivity index (χ1) is 13.5. The van der Waals surface area contributed by atoms with E-state index in [9.17, 15) is 19.2 Å². The number of anilines is 2. The van der Waals surface area contributed by atoms with Gasteiger partial charge in [0.25, 0.3) is 0 Å². The Bertz CT molecular complexity index is 749. The first-order valence-corrected chi connectivity index (χ1v) is 9.10.